The van der Waals surface area contributed by atoms with Crippen molar-refractivity contribution in [2.24, 2.45) is 0 Å². The molecule has 2 aliphatic heterocycles. The molecule has 1 fully saturated rings. The Morgan fingerprint density at radius 1 is 1.39 bits per heavy atom. The van der Waals surface area contributed by atoms with E-state index in [9.17, 15) is 14.4 Å². The Morgan fingerprint density at radius 2 is 2.17 bits per heavy atom. The lowest BCUT2D eigenvalue weighted by Gasteiger charge is -2.34. The van der Waals surface area contributed by atoms with E-state index in [1.54, 1.807) is 24.3 Å². The van der Waals surface area contributed by atoms with Crippen LogP contribution in [0.3, 0.4) is 0 Å². The standard InChI is InChI=1S/C15H17N3O4S/c1-16-15(21)12-6-18(10-4-2-3-5-11(10)22-12)13(19)7-17-9-23-8-14(17)20/h2-5,12H,6-9H2,1H3,(H,16,21)/t12-/m0/s1. The molecule has 0 saturated carbocycles. The molecule has 0 aromatic heterocycles. The van der Waals surface area contributed by atoms with Crippen LogP contribution in [0.4, 0.5) is 5.69 Å². The van der Waals surface area contributed by atoms with Crippen LogP contribution in [0.25, 0.3) is 0 Å². The minimum absolute atomic E-state index is 0.0145. The van der Waals surface area contributed by atoms with E-state index >= 15 is 0 Å². The summed E-state index contributed by atoms with van der Waals surface area (Å²) in [6, 6.07) is 7.09. The van der Waals surface area contributed by atoms with Crippen molar-refractivity contribution < 1.29 is 19.1 Å². The van der Waals surface area contributed by atoms with Crippen LogP contribution < -0.4 is 15.0 Å². The van der Waals surface area contributed by atoms with Crippen molar-refractivity contribution in [3.8, 4) is 5.75 Å². The van der Waals surface area contributed by atoms with Crippen LogP contribution in [0.15, 0.2) is 24.3 Å². The molecule has 2 aliphatic rings. The third kappa shape index (κ3) is 3.12. The minimum Gasteiger partial charge on any atom is -0.477 e. The Hall–Kier alpha value is -2.22. The molecule has 1 aromatic rings. The lowest BCUT2D eigenvalue weighted by molar-refractivity contribution is -0.132. The number of ether oxygens (including phenoxy) is 1. The average Bonchev–Trinajstić information content (AvgIpc) is 2.97. The van der Waals surface area contributed by atoms with Gasteiger partial charge in [-0.1, -0.05) is 12.1 Å². The van der Waals surface area contributed by atoms with Gasteiger partial charge < -0.3 is 19.9 Å². The molecule has 3 amide bonds. The molecular weight excluding hydrogens is 318 g/mol. The summed E-state index contributed by atoms with van der Waals surface area (Å²) in [6.45, 7) is 0.144. The maximum absolute atomic E-state index is 12.7. The van der Waals surface area contributed by atoms with Gasteiger partial charge in [-0.05, 0) is 12.1 Å². The number of nitrogens with one attached hydrogen (secondary N) is 1. The highest BCUT2D eigenvalue weighted by Gasteiger charge is 2.34. The summed E-state index contributed by atoms with van der Waals surface area (Å²) in [5.41, 5.74) is 0.622. The van der Waals surface area contributed by atoms with Gasteiger partial charge in [0.15, 0.2) is 6.10 Å². The summed E-state index contributed by atoms with van der Waals surface area (Å²) in [6.07, 6.45) is -0.762. The Kier molecular flexibility index (Phi) is 4.42. The number of likely N-dealkylation sites (N-methyl/N-ethyl adjacent to an activating group) is 1. The first-order chi connectivity index (χ1) is 11.1. The van der Waals surface area contributed by atoms with E-state index in [0.717, 1.165) is 0 Å². The Bertz CT molecular complexity index is 651. The molecular formula is C15H17N3O4S. The highest BCUT2D eigenvalue weighted by atomic mass is 32.2. The van der Waals surface area contributed by atoms with Gasteiger partial charge in [0.2, 0.25) is 11.8 Å². The zero-order valence-corrected chi connectivity index (χ0v) is 13.5. The fourth-order valence-corrected chi connectivity index (χ4v) is 3.46. The second-order valence-corrected chi connectivity index (χ2v) is 6.22. The molecule has 2 heterocycles. The first-order valence-corrected chi connectivity index (χ1v) is 8.39. The molecule has 7 nitrogen and oxygen atoms in total. The summed E-state index contributed by atoms with van der Waals surface area (Å²) >= 11 is 1.49. The van der Waals surface area contributed by atoms with E-state index in [4.69, 9.17) is 4.74 Å². The Labute approximate surface area is 137 Å². The van der Waals surface area contributed by atoms with Crippen molar-refractivity contribution in [1.29, 1.82) is 0 Å². The molecule has 3 rings (SSSR count). The summed E-state index contributed by atoms with van der Waals surface area (Å²) in [4.78, 5) is 39.3. The van der Waals surface area contributed by atoms with E-state index in [2.05, 4.69) is 5.32 Å². The van der Waals surface area contributed by atoms with Gasteiger partial charge in [0, 0.05) is 7.05 Å². The van der Waals surface area contributed by atoms with E-state index in [1.165, 1.54) is 28.6 Å². The van der Waals surface area contributed by atoms with Crippen LogP contribution in [0.2, 0.25) is 0 Å². The van der Waals surface area contributed by atoms with Gasteiger partial charge in [-0.3, -0.25) is 14.4 Å². The Balaban J connectivity index is 1.82. The quantitative estimate of drug-likeness (QED) is 0.845. The summed E-state index contributed by atoms with van der Waals surface area (Å²) in [7, 11) is 1.53. The molecule has 8 heteroatoms. The van der Waals surface area contributed by atoms with Crippen LogP contribution in [0, 0.1) is 0 Å². The second-order valence-electron chi connectivity index (χ2n) is 5.26. The molecule has 1 atom stereocenters. The number of carbonyl (C=O) groups excluding carboxylic acids is 3. The molecule has 1 N–H and O–H groups in total. The smallest absolute Gasteiger partial charge is 0.262 e. The van der Waals surface area contributed by atoms with Gasteiger partial charge in [-0.25, -0.2) is 0 Å². The number of nitrogens with zero attached hydrogens (tertiary/aromatic N) is 2. The molecule has 1 saturated heterocycles. The number of para-hydroxylation sites is 2. The number of rotatable bonds is 3. The van der Waals surface area contributed by atoms with Crippen molar-refractivity contribution in [3.63, 3.8) is 0 Å². The topological polar surface area (TPSA) is 79.0 Å². The summed E-state index contributed by atoms with van der Waals surface area (Å²) in [5.74, 6) is 0.884. The maximum atomic E-state index is 12.7. The first-order valence-electron chi connectivity index (χ1n) is 7.23. The van der Waals surface area contributed by atoms with Crippen LogP contribution in [0.5, 0.6) is 5.75 Å². The number of hydrogen-bond acceptors (Lipinski definition) is 5. The number of fused-ring (bicyclic) bond motifs is 1. The number of benzene rings is 1. The van der Waals surface area contributed by atoms with Crippen molar-refractivity contribution in [2.45, 2.75) is 6.10 Å². The molecule has 0 aliphatic carbocycles. The average molecular weight is 335 g/mol. The van der Waals surface area contributed by atoms with Crippen LogP contribution >= 0.6 is 11.8 Å². The number of carbonyl (C=O) groups is 3. The molecule has 1 aromatic carbocycles. The lowest BCUT2D eigenvalue weighted by Crippen LogP contribution is -2.52. The molecule has 0 radical (unpaired) electrons. The third-order valence-electron chi connectivity index (χ3n) is 3.77. The Morgan fingerprint density at radius 3 is 2.87 bits per heavy atom. The van der Waals surface area contributed by atoms with Gasteiger partial charge in [0.1, 0.15) is 12.3 Å². The number of hydrogen-bond donors (Lipinski definition) is 1. The van der Waals surface area contributed by atoms with Gasteiger partial charge in [-0.2, -0.15) is 0 Å². The fourth-order valence-electron chi connectivity index (χ4n) is 2.56. The zero-order chi connectivity index (χ0) is 16.4. The van der Waals surface area contributed by atoms with E-state index < -0.39 is 6.10 Å². The van der Waals surface area contributed by atoms with E-state index in [1.807, 2.05) is 0 Å². The molecule has 122 valence electrons. The summed E-state index contributed by atoms with van der Waals surface area (Å²) < 4.78 is 5.67. The van der Waals surface area contributed by atoms with Crippen LogP contribution in [0.1, 0.15) is 0 Å². The molecule has 0 bridgehead atoms. The lowest BCUT2D eigenvalue weighted by atomic mass is 10.1. The van der Waals surface area contributed by atoms with Gasteiger partial charge >= 0.3 is 0 Å². The predicted octanol–water partition coefficient (Wildman–Crippen LogP) is 0.0595. The van der Waals surface area contributed by atoms with Crippen molar-refractivity contribution in [2.75, 3.05) is 36.7 Å². The zero-order valence-electron chi connectivity index (χ0n) is 12.7. The van der Waals surface area contributed by atoms with Crippen molar-refractivity contribution in [1.82, 2.24) is 10.2 Å². The van der Waals surface area contributed by atoms with Gasteiger partial charge in [0.25, 0.3) is 5.91 Å². The summed E-state index contributed by atoms with van der Waals surface area (Å²) in [5, 5.41) is 2.54. The molecule has 23 heavy (non-hydrogen) atoms. The minimum atomic E-state index is -0.762. The fraction of sp³-hybridized carbons (Fsp3) is 0.400. The third-order valence-corrected chi connectivity index (χ3v) is 4.71. The SMILES string of the molecule is CNC(=O)[C@@H]1CN(C(=O)CN2CSCC2=O)c2ccccc2O1. The predicted molar refractivity (Wildman–Crippen MR) is 86.3 cm³/mol. The highest BCUT2D eigenvalue weighted by Crippen LogP contribution is 2.33. The van der Waals surface area contributed by atoms with E-state index in [-0.39, 0.29) is 30.8 Å². The normalized spacial score (nSPS) is 20.0. The second kappa shape index (κ2) is 6.49. The van der Waals surface area contributed by atoms with Crippen molar-refractivity contribution >= 4 is 35.2 Å². The largest absolute Gasteiger partial charge is 0.477 e. The maximum Gasteiger partial charge on any atom is 0.262 e. The van der Waals surface area contributed by atoms with E-state index in [0.29, 0.717) is 23.1 Å². The van der Waals surface area contributed by atoms with Crippen LogP contribution in [-0.2, 0) is 14.4 Å². The van der Waals surface area contributed by atoms with Gasteiger partial charge in [0.05, 0.1) is 23.9 Å². The number of thioether (sulfide) groups is 1. The highest BCUT2D eigenvalue weighted by molar-refractivity contribution is 8.00. The van der Waals surface area contributed by atoms with Gasteiger partial charge in [-0.15, -0.1) is 11.8 Å². The first kappa shape index (κ1) is 15.7. The van der Waals surface area contributed by atoms with Crippen LogP contribution in [-0.4, -0.2) is 60.5 Å². The number of amides is 3. The molecule has 0 spiro atoms. The monoisotopic (exact) mass is 335 g/mol. The molecule has 0 unspecified atom stereocenters. The van der Waals surface area contributed by atoms with Crippen molar-refractivity contribution in [3.05, 3.63) is 24.3 Å². The number of anilines is 1.